The minimum Gasteiger partial charge on any atom is -0.459 e. The minimum absolute atomic E-state index is 0.0846. The molecular weight excluding hydrogens is 462 g/mol. The summed E-state index contributed by atoms with van der Waals surface area (Å²) in [5.74, 6) is -1.91. The van der Waals surface area contributed by atoms with E-state index in [9.17, 15) is 19.2 Å². The number of rotatable bonds is 8. The van der Waals surface area contributed by atoms with Crippen molar-refractivity contribution >= 4 is 29.3 Å². The normalized spacial score (nSPS) is 10.4. The van der Waals surface area contributed by atoms with Gasteiger partial charge >= 0.3 is 11.9 Å². The number of carbonyl (C=O) groups excluding carboxylic acids is 4. The molecule has 8 nitrogen and oxygen atoms in total. The van der Waals surface area contributed by atoms with E-state index in [-0.39, 0.29) is 28.3 Å². The fourth-order valence-electron chi connectivity index (χ4n) is 3.22. The molecule has 1 N–H and O–H groups in total. The summed E-state index contributed by atoms with van der Waals surface area (Å²) in [6.07, 6.45) is 1.36. The van der Waals surface area contributed by atoms with Crippen LogP contribution in [0.2, 0.25) is 0 Å². The van der Waals surface area contributed by atoms with Crippen LogP contribution in [0.3, 0.4) is 0 Å². The summed E-state index contributed by atoms with van der Waals surface area (Å²) in [4.78, 5) is 49.6. The standard InChI is InChI=1S/C28H21NO7/c1-18-8-10-20(11-9-18)27(32)36-21-14-12-19(13-15-21)24(30)17-35-28(33)22-5-2-3-6-23(22)29-26(31)25-7-4-16-34-25/h2-16H,17H2,1H3,(H,29,31). The Kier molecular flexibility index (Phi) is 7.36. The molecule has 1 amide bonds. The van der Waals surface area contributed by atoms with E-state index in [4.69, 9.17) is 13.9 Å². The third-order valence-electron chi connectivity index (χ3n) is 5.15. The summed E-state index contributed by atoms with van der Waals surface area (Å²) in [7, 11) is 0. The van der Waals surface area contributed by atoms with Gasteiger partial charge in [-0.25, -0.2) is 9.59 Å². The van der Waals surface area contributed by atoms with E-state index < -0.39 is 30.2 Å². The van der Waals surface area contributed by atoms with Crippen LogP contribution in [-0.2, 0) is 4.74 Å². The van der Waals surface area contributed by atoms with E-state index >= 15 is 0 Å². The van der Waals surface area contributed by atoms with Gasteiger partial charge < -0.3 is 19.2 Å². The fraction of sp³-hybridized carbons (Fsp3) is 0.0714. The van der Waals surface area contributed by atoms with Crippen molar-refractivity contribution in [2.45, 2.75) is 6.92 Å². The molecule has 0 atom stereocenters. The molecule has 1 heterocycles. The largest absolute Gasteiger partial charge is 0.459 e. The predicted octanol–water partition coefficient (Wildman–Crippen LogP) is 5.10. The van der Waals surface area contributed by atoms with Crippen LogP contribution in [-0.4, -0.2) is 30.2 Å². The molecular formula is C28H21NO7. The van der Waals surface area contributed by atoms with E-state index in [0.29, 0.717) is 5.56 Å². The molecule has 0 spiro atoms. The fourth-order valence-corrected chi connectivity index (χ4v) is 3.22. The van der Waals surface area contributed by atoms with E-state index in [1.54, 1.807) is 30.3 Å². The quantitative estimate of drug-likeness (QED) is 0.211. The van der Waals surface area contributed by atoms with Gasteiger partial charge in [-0.2, -0.15) is 0 Å². The molecule has 180 valence electrons. The van der Waals surface area contributed by atoms with Crippen molar-refractivity contribution in [3.05, 3.63) is 119 Å². The molecule has 0 radical (unpaired) electrons. The average molecular weight is 483 g/mol. The Morgan fingerprint density at radius 1 is 0.778 bits per heavy atom. The number of carbonyl (C=O) groups is 4. The molecule has 0 aliphatic carbocycles. The second-order valence-corrected chi connectivity index (χ2v) is 7.76. The van der Waals surface area contributed by atoms with Gasteiger partial charge in [0.2, 0.25) is 0 Å². The first-order chi connectivity index (χ1) is 17.4. The Morgan fingerprint density at radius 2 is 1.47 bits per heavy atom. The van der Waals surface area contributed by atoms with E-state index in [0.717, 1.165) is 5.56 Å². The zero-order valence-corrected chi connectivity index (χ0v) is 19.2. The number of hydrogen-bond donors (Lipinski definition) is 1. The van der Waals surface area contributed by atoms with Gasteiger partial charge in [0.15, 0.2) is 18.2 Å². The number of ketones is 1. The number of ether oxygens (including phenoxy) is 2. The third-order valence-corrected chi connectivity index (χ3v) is 5.15. The van der Waals surface area contributed by atoms with Crippen molar-refractivity contribution in [2.75, 3.05) is 11.9 Å². The lowest BCUT2D eigenvalue weighted by atomic mass is 10.1. The maximum Gasteiger partial charge on any atom is 0.343 e. The number of amides is 1. The lowest BCUT2D eigenvalue weighted by molar-refractivity contribution is 0.0475. The molecule has 0 saturated carbocycles. The van der Waals surface area contributed by atoms with Gasteiger partial charge in [0.1, 0.15) is 5.75 Å². The van der Waals surface area contributed by atoms with Crippen molar-refractivity contribution < 1.29 is 33.1 Å². The number of para-hydroxylation sites is 1. The summed E-state index contributed by atoms with van der Waals surface area (Å²) in [5, 5.41) is 2.59. The Morgan fingerprint density at radius 3 is 2.17 bits per heavy atom. The number of furan rings is 1. The predicted molar refractivity (Wildman–Crippen MR) is 130 cm³/mol. The molecule has 4 rings (SSSR count). The zero-order chi connectivity index (χ0) is 25.5. The summed E-state index contributed by atoms with van der Waals surface area (Å²) < 4.78 is 15.5. The van der Waals surface area contributed by atoms with Gasteiger partial charge in [-0.05, 0) is 67.6 Å². The van der Waals surface area contributed by atoms with Crippen LogP contribution < -0.4 is 10.1 Å². The number of anilines is 1. The average Bonchev–Trinajstić information content (AvgIpc) is 3.43. The Balaban J connectivity index is 1.34. The van der Waals surface area contributed by atoms with Crippen LogP contribution in [0.25, 0.3) is 0 Å². The third kappa shape index (κ3) is 5.92. The van der Waals surface area contributed by atoms with Gasteiger partial charge in [-0.3, -0.25) is 9.59 Å². The monoisotopic (exact) mass is 483 g/mol. The molecule has 0 aliphatic heterocycles. The van der Waals surface area contributed by atoms with Crippen molar-refractivity contribution in [3.63, 3.8) is 0 Å². The molecule has 8 heteroatoms. The number of hydrogen-bond acceptors (Lipinski definition) is 7. The highest BCUT2D eigenvalue weighted by Crippen LogP contribution is 2.19. The number of Topliss-reactive ketones (excluding diaryl/α,β-unsaturated/α-hetero) is 1. The van der Waals surface area contributed by atoms with Crippen molar-refractivity contribution in [3.8, 4) is 5.75 Å². The van der Waals surface area contributed by atoms with E-state index in [1.807, 2.05) is 19.1 Å². The highest BCUT2D eigenvalue weighted by atomic mass is 16.5. The number of benzene rings is 3. The summed E-state index contributed by atoms with van der Waals surface area (Å²) in [6.45, 7) is 1.41. The van der Waals surface area contributed by atoms with Gasteiger partial charge in [-0.15, -0.1) is 0 Å². The topological polar surface area (TPSA) is 112 Å². The first-order valence-corrected chi connectivity index (χ1v) is 10.9. The molecule has 0 unspecified atom stereocenters. The summed E-state index contributed by atoms with van der Waals surface area (Å²) in [5.41, 5.74) is 2.02. The molecule has 3 aromatic carbocycles. The van der Waals surface area contributed by atoms with E-state index in [2.05, 4.69) is 5.32 Å². The maximum atomic E-state index is 12.6. The Hall–Kier alpha value is -4.98. The molecule has 0 aliphatic rings. The van der Waals surface area contributed by atoms with Crippen LogP contribution in [0, 0.1) is 6.92 Å². The Labute approximate surface area is 206 Å². The van der Waals surface area contributed by atoms with E-state index in [1.165, 1.54) is 48.7 Å². The lowest BCUT2D eigenvalue weighted by Crippen LogP contribution is -2.18. The number of aryl methyl sites for hydroxylation is 1. The SMILES string of the molecule is Cc1ccc(C(=O)Oc2ccc(C(=O)COC(=O)c3ccccc3NC(=O)c3ccco3)cc2)cc1. The maximum absolute atomic E-state index is 12.6. The smallest absolute Gasteiger partial charge is 0.343 e. The lowest BCUT2D eigenvalue weighted by Gasteiger charge is -2.10. The van der Waals surface area contributed by atoms with Gasteiger partial charge in [-0.1, -0.05) is 29.8 Å². The zero-order valence-electron chi connectivity index (χ0n) is 19.2. The highest BCUT2D eigenvalue weighted by molar-refractivity contribution is 6.07. The molecule has 4 aromatic rings. The number of esters is 2. The summed E-state index contributed by atoms with van der Waals surface area (Å²) >= 11 is 0. The van der Waals surface area contributed by atoms with Crippen LogP contribution in [0.5, 0.6) is 5.75 Å². The van der Waals surface area contributed by atoms with Gasteiger partial charge in [0, 0.05) is 5.56 Å². The van der Waals surface area contributed by atoms with Gasteiger partial charge in [0.05, 0.1) is 23.1 Å². The van der Waals surface area contributed by atoms with Crippen LogP contribution in [0.1, 0.15) is 47.2 Å². The van der Waals surface area contributed by atoms with Crippen molar-refractivity contribution in [1.82, 2.24) is 0 Å². The second kappa shape index (κ2) is 11.0. The Bertz CT molecular complexity index is 1390. The minimum atomic E-state index is -0.776. The molecule has 0 fully saturated rings. The van der Waals surface area contributed by atoms with Crippen molar-refractivity contribution in [2.24, 2.45) is 0 Å². The molecule has 36 heavy (non-hydrogen) atoms. The van der Waals surface area contributed by atoms with Crippen molar-refractivity contribution in [1.29, 1.82) is 0 Å². The van der Waals surface area contributed by atoms with Crippen LogP contribution >= 0.6 is 0 Å². The molecule has 0 bridgehead atoms. The first-order valence-electron chi connectivity index (χ1n) is 10.9. The summed E-state index contributed by atoms with van der Waals surface area (Å²) in [6, 6.07) is 22.2. The van der Waals surface area contributed by atoms with Crippen LogP contribution in [0.15, 0.2) is 95.6 Å². The first kappa shape index (κ1) is 24.2. The van der Waals surface area contributed by atoms with Crippen LogP contribution in [0.4, 0.5) is 5.69 Å². The molecule has 1 aromatic heterocycles. The molecule has 0 saturated heterocycles. The highest BCUT2D eigenvalue weighted by Gasteiger charge is 2.18. The second-order valence-electron chi connectivity index (χ2n) is 7.76. The number of nitrogens with one attached hydrogen (secondary N) is 1. The van der Waals surface area contributed by atoms with Gasteiger partial charge in [0.25, 0.3) is 5.91 Å².